The van der Waals surface area contributed by atoms with Gasteiger partial charge in [0, 0.05) is 35.7 Å². The first-order valence-corrected chi connectivity index (χ1v) is 12.9. The minimum absolute atomic E-state index is 0.0302. The number of sulfone groups is 1. The van der Waals surface area contributed by atoms with E-state index in [1.165, 1.54) is 10.7 Å². The maximum atomic E-state index is 12.4. The molecule has 2 amide bonds. The molecule has 0 spiro atoms. The second kappa shape index (κ2) is 11.4. The first-order valence-electron chi connectivity index (χ1n) is 10.8. The van der Waals surface area contributed by atoms with E-state index in [1.54, 1.807) is 55.5 Å². The number of nitrogens with one attached hydrogen (secondary N) is 2. The highest BCUT2D eigenvalue weighted by molar-refractivity contribution is 7.90. The van der Waals surface area contributed by atoms with Gasteiger partial charge in [-0.3, -0.25) is 14.9 Å². The molecule has 184 valence electrons. The Bertz CT molecular complexity index is 1370. The van der Waals surface area contributed by atoms with Crippen molar-refractivity contribution in [2.24, 2.45) is 0 Å². The third kappa shape index (κ3) is 7.78. The summed E-state index contributed by atoms with van der Waals surface area (Å²) < 4.78 is 28.6. The molecule has 35 heavy (non-hydrogen) atoms. The van der Waals surface area contributed by atoms with Crippen molar-refractivity contribution in [2.75, 3.05) is 30.5 Å². The van der Waals surface area contributed by atoms with Crippen LogP contribution in [0.15, 0.2) is 65.5 Å². The standard InChI is InChI=1S/C24H26N4O6S/c1-3-34-24(31)26-20-6-4-5-17(15-20)16-28-22(29)12-11-21(27-28)18-7-9-19(10-8-18)23(30)25-13-14-35(2,32)33/h4-12,15H,3,13-14,16H2,1-2H3,(H,25,30)(H,26,31). The van der Waals surface area contributed by atoms with Gasteiger partial charge in [-0.05, 0) is 42.8 Å². The first kappa shape index (κ1) is 25.6. The number of ether oxygens (including phenoxy) is 1. The van der Waals surface area contributed by atoms with Crippen molar-refractivity contribution in [2.45, 2.75) is 13.5 Å². The SMILES string of the molecule is CCOC(=O)Nc1cccc(Cn2nc(-c3ccc(C(=O)NCCS(C)(=O)=O)cc3)ccc2=O)c1. The molecule has 2 N–H and O–H groups in total. The van der Waals surface area contributed by atoms with E-state index in [4.69, 9.17) is 4.74 Å². The second-order valence-electron chi connectivity index (χ2n) is 7.72. The summed E-state index contributed by atoms with van der Waals surface area (Å²) >= 11 is 0. The van der Waals surface area contributed by atoms with Crippen LogP contribution in [0, 0.1) is 0 Å². The summed E-state index contributed by atoms with van der Waals surface area (Å²) in [4.78, 5) is 36.2. The van der Waals surface area contributed by atoms with Crippen molar-refractivity contribution in [3.63, 3.8) is 0 Å². The lowest BCUT2D eigenvalue weighted by Crippen LogP contribution is -2.28. The van der Waals surface area contributed by atoms with E-state index in [1.807, 2.05) is 6.07 Å². The van der Waals surface area contributed by atoms with Crippen molar-refractivity contribution < 1.29 is 22.7 Å². The van der Waals surface area contributed by atoms with Crippen LogP contribution in [0.2, 0.25) is 0 Å². The van der Waals surface area contributed by atoms with Crippen LogP contribution < -0.4 is 16.2 Å². The van der Waals surface area contributed by atoms with E-state index in [0.29, 0.717) is 22.5 Å². The number of amides is 2. The fourth-order valence-electron chi connectivity index (χ4n) is 3.17. The average molecular weight is 499 g/mol. The zero-order valence-electron chi connectivity index (χ0n) is 19.4. The molecule has 0 aliphatic rings. The lowest BCUT2D eigenvalue weighted by atomic mass is 10.1. The summed E-state index contributed by atoms with van der Waals surface area (Å²) in [6.07, 6.45) is 0.548. The van der Waals surface area contributed by atoms with Crippen LogP contribution in [0.4, 0.5) is 10.5 Å². The molecule has 2 aromatic carbocycles. The highest BCUT2D eigenvalue weighted by atomic mass is 32.2. The molecule has 0 unspecified atom stereocenters. The fraction of sp³-hybridized carbons (Fsp3) is 0.250. The molecule has 0 bridgehead atoms. The van der Waals surface area contributed by atoms with Crippen molar-refractivity contribution in [1.82, 2.24) is 15.1 Å². The van der Waals surface area contributed by atoms with E-state index in [2.05, 4.69) is 15.7 Å². The number of aromatic nitrogens is 2. The largest absolute Gasteiger partial charge is 0.450 e. The van der Waals surface area contributed by atoms with Gasteiger partial charge in [0.15, 0.2) is 0 Å². The number of nitrogens with zero attached hydrogens (tertiary/aromatic N) is 2. The van der Waals surface area contributed by atoms with Crippen molar-refractivity contribution in [3.05, 3.63) is 82.1 Å². The van der Waals surface area contributed by atoms with Gasteiger partial charge in [-0.2, -0.15) is 5.10 Å². The van der Waals surface area contributed by atoms with Crippen molar-refractivity contribution in [3.8, 4) is 11.3 Å². The number of hydrogen-bond acceptors (Lipinski definition) is 7. The zero-order valence-corrected chi connectivity index (χ0v) is 20.2. The van der Waals surface area contributed by atoms with Crippen LogP contribution in [0.25, 0.3) is 11.3 Å². The highest BCUT2D eigenvalue weighted by Gasteiger charge is 2.10. The summed E-state index contributed by atoms with van der Waals surface area (Å²) in [6.45, 7) is 2.19. The van der Waals surface area contributed by atoms with Crippen molar-refractivity contribution in [1.29, 1.82) is 0 Å². The Morgan fingerprint density at radius 1 is 1.06 bits per heavy atom. The summed E-state index contributed by atoms with van der Waals surface area (Å²) in [5, 5.41) is 9.63. The van der Waals surface area contributed by atoms with Gasteiger partial charge in [0.25, 0.3) is 11.5 Å². The van der Waals surface area contributed by atoms with E-state index in [9.17, 15) is 22.8 Å². The van der Waals surface area contributed by atoms with Crippen LogP contribution in [0.5, 0.6) is 0 Å². The monoisotopic (exact) mass is 498 g/mol. The highest BCUT2D eigenvalue weighted by Crippen LogP contribution is 2.17. The van der Waals surface area contributed by atoms with Gasteiger partial charge in [-0.1, -0.05) is 24.3 Å². The number of carbonyl (C=O) groups excluding carboxylic acids is 2. The third-order valence-electron chi connectivity index (χ3n) is 4.85. The number of hydrogen-bond donors (Lipinski definition) is 2. The Kier molecular flexibility index (Phi) is 8.37. The summed E-state index contributed by atoms with van der Waals surface area (Å²) in [5.74, 6) is -0.515. The molecule has 0 aliphatic carbocycles. The minimum Gasteiger partial charge on any atom is -0.450 e. The molecule has 0 atom stereocenters. The molecule has 3 aromatic rings. The maximum absolute atomic E-state index is 12.4. The minimum atomic E-state index is -3.16. The number of rotatable bonds is 9. The average Bonchev–Trinajstić information content (AvgIpc) is 2.80. The fourth-order valence-corrected chi connectivity index (χ4v) is 3.64. The second-order valence-corrected chi connectivity index (χ2v) is 9.98. The lowest BCUT2D eigenvalue weighted by molar-refractivity contribution is 0.0956. The molecule has 11 heteroatoms. The number of carbonyl (C=O) groups is 2. The summed E-state index contributed by atoms with van der Waals surface area (Å²) in [6, 6.07) is 16.6. The quantitative estimate of drug-likeness (QED) is 0.462. The van der Waals surface area contributed by atoms with Gasteiger partial charge >= 0.3 is 6.09 Å². The Balaban J connectivity index is 1.72. The van der Waals surface area contributed by atoms with E-state index in [0.717, 1.165) is 11.8 Å². The van der Waals surface area contributed by atoms with Crippen LogP contribution in [0.1, 0.15) is 22.8 Å². The van der Waals surface area contributed by atoms with E-state index in [-0.39, 0.29) is 36.9 Å². The predicted molar refractivity (Wildman–Crippen MR) is 132 cm³/mol. The summed E-state index contributed by atoms with van der Waals surface area (Å²) in [7, 11) is -3.16. The maximum Gasteiger partial charge on any atom is 0.411 e. The first-order chi connectivity index (χ1) is 16.6. The van der Waals surface area contributed by atoms with Gasteiger partial charge in [0.05, 0.1) is 24.6 Å². The molecular weight excluding hydrogens is 472 g/mol. The third-order valence-corrected chi connectivity index (χ3v) is 5.79. The topological polar surface area (TPSA) is 136 Å². The molecule has 0 radical (unpaired) electrons. The van der Waals surface area contributed by atoms with Crippen LogP contribution >= 0.6 is 0 Å². The lowest BCUT2D eigenvalue weighted by Gasteiger charge is -2.10. The molecule has 0 saturated carbocycles. The molecule has 0 saturated heterocycles. The summed E-state index contributed by atoms with van der Waals surface area (Å²) in [5.41, 5.74) is 2.61. The van der Waals surface area contributed by atoms with Gasteiger partial charge in [0.2, 0.25) is 0 Å². The van der Waals surface area contributed by atoms with Crippen LogP contribution in [-0.4, -0.2) is 55.4 Å². The molecule has 1 aromatic heterocycles. The van der Waals surface area contributed by atoms with Gasteiger partial charge in [0.1, 0.15) is 9.84 Å². The zero-order chi connectivity index (χ0) is 25.4. The van der Waals surface area contributed by atoms with Gasteiger partial charge < -0.3 is 10.1 Å². The molecule has 0 aliphatic heterocycles. The molecule has 0 fully saturated rings. The predicted octanol–water partition coefficient (Wildman–Crippen LogP) is 2.30. The van der Waals surface area contributed by atoms with E-state index < -0.39 is 15.9 Å². The van der Waals surface area contributed by atoms with Crippen molar-refractivity contribution >= 4 is 27.5 Å². The van der Waals surface area contributed by atoms with Gasteiger partial charge in [-0.25, -0.2) is 17.9 Å². The Morgan fingerprint density at radius 3 is 2.49 bits per heavy atom. The molecular formula is C24H26N4O6S. The molecule has 1 heterocycles. The Morgan fingerprint density at radius 2 is 1.80 bits per heavy atom. The normalized spacial score (nSPS) is 11.0. The Labute approximate surface area is 202 Å². The molecule has 3 rings (SSSR count). The molecule has 10 nitrogen and oxygen atoms in total. The Hall–Kier alpha value is -3.99. The smallest absolute Gasteiger partial charge is 0.411 e. The van der Waals surface area contributed by atoms with E-state index >= 15 is 0 Å². The number of anilines is 1. The van der Waals surface area contributed by atoms with Crippen LogP contribution in [0.3, 0.4) is 0 Å². The van der Waals surface area contributed by atoms with Gasteiger partial charge in [-0.15, -0.1) is 0 Å². The van der Waals surface area contributed by atoms with Crippen LogP contribution in [-0.2, 0) is 21.1 Å². The number of benzene rings is 2.